The van der Waals surface area contributed by atoms with Crippen LogP contribution in [0.1, 0.15) is 45.9 Å². The van der Waals surface area contributed by atoms with Gasteiger partial charge in [0.25, 0.3) is 0 Å². The van der Waals surface area contributed by atoms with Crippen LogP contribution in [0.25, 0.3) is 5.82 Å². The SMILES string of the molecule is C#C.C/C=C(\C=C/COC)CCCc1nc(N)nn1/C(=C/CC)NC(C)=NC. The monoisotopic (exact) mass is 386 g/mol. The molecule has 1 rings (SSSR count). The van der Waals surface area contributed by atoms with Crippen LogP contribution in [0.3, 0.4) is 0 Å². The molecular formula is C21H34N6O. The van der Waals surface area contributed by atoms with Crippen LogP contribution in [-0.4, -0.2) is 41.4 Å². The standard InChI is InChI=1S/C19H32N6O.C2H2/c1-6-10-17(22-15(3)21-4)25-18(23-19(20)24-25)13-8-11-16(7-2)12-9-14-26-5;1-2/h7,9-10,12H,6,8,11,13-14H2,1-5H3,(H2,20,24)(H,21,22);1-2H/b12-9-,16-7-,17-10+;. The fraction of sp³-hybridized carbons (Fsp3) is 0.476. The molecule has 154 valence electrons. The summed E-state index contributed by atoms with van der Waals surface area (Å²) in [5.74, 6) is 2.77. The van der Waals surface area contributed by atoms with Gasteiger partial charge in [0, 0.05) is 20.6 Å². The molecule has 0 radical (unpaired) electrons. The van der Waals surface area contributed by atoms with Gasteiger partial charge in [0.2, 0.25) is 5.95 Å². The molecule has 0 fully saturated rings. The summed E-state index contributed by atoms with van der Waals surface area (Å²) in [6, 6.07) is 0. The normalized spacial score (nSPS) is 12.8. The second-order valence-electron chi connectivity index (χ2n) is 5.80. The third-order valence-corrected chi connectivity index (χ3v) is 3.79. The van der Waals surface area contributed by atoms with E-state index in [1.54, 1.807) is 18.8 Å². The average molecular weight is 387 g/mol. The van der Waals surface area contributed by atoms with Crippen LogP contribution in [0.2, 0.25) is 0 Å². The number of aryl methyl sites for hydroxylation is 1. The second-order valence-corrected chi connectivity index (χ2v) is 5.80. The van der Waals surface area contributed by atoms with E-state index in [0.717, 1.165) is 43.2 Å². The number of nitrogens with zero attached hydrogens (tertiary/aromatic N) is 4. The molecule has 0 spiro atoms. The van der Waals surface area contributed by atoms with E-state index >= 15 is 0 Å². The highest BCUT2D eigenvalue weighted by Crippen LogP contribution is 2.14. The third-order valence-electron chi connectivity index (χ3n) is 3.79. The van der Waals surface area contributed by atoms with Crippen molar-refractivity contribution in [2.75, 3.05) is 26.5 Å². The van der Waals surface area contributed by atoms with E-state index in [1.165, 1.54) is 5.57 Å². The third kappa shape index (κ3) is 9.19. The Morgan fingerprint density at radius 3 is 2.68 bits per heavy atom. The number of ether oxygens (including phenoxy) is 1. The lowest BCUT2D eigenvalue weighted by atomic mass is 10.1. The molecule has 0 unspecified atom stereocenters. The molecule has 7 nitrogen and oxygen atoms in total. The van der Waals surface area contributed by atoms with Crippen molar-refractivity contribution in [2.45, 2.75) is 46.5 Å². The van der Waals surface area contributed by atoms with Crippen LogP contribution in [-0.2, 0) is 11.2 Å². The smallest absolute Gasteiger partial charge is 0.240 e. The summed E-state index contributed by atoms with van der Waals surface area (Å²) in [6.07, 6.45) is 19.9. The molecular weight excluding hydrogens is 352 g/mol. The first-order chi connectivity index (χ1) is 13.5. The van der Waals surface area contributed by atoms with Crippen molar-refractivity contribution in [3.8, 4) is 12.8 Å². The molecule has 0 aromatic carbocycles. The number of nitrogens with one attached hydrogen (secondary N) is 1. The Morgan fingerprint density at radius 2 is 2.11 bits per heavy atom. The van der Waals surface area contributed by atoms with Gasteiger partial charge in [-0.15, -0.1) is 17.9 Å². The first-order valence-electron chi connectivity index (χ1n) is 9.32. The summed E-state index contributed by atoms with van der Waals surface area (Å²) in [4.78, 5) is 8.55. The Labute approximate surface area is 169 Å². The summed E-state index contributed by atoms with van der Waals surface area (Å²) in [6.45, 7) is 6.65. The van der Waals surface area contributed by atoms with Crippen molar-refractivity contribution >= 4 is 17.6 Å². The summed E-state index contributed by atoms with van der Waals surface area (Å²) >= 11 is 0. The zero-order valence-electron chi connectivity index (χ0n) is 17.8. The number of anilines is 1. The van der Waals surface area contributed by atoms with Gasteiger partial charge in [-0.25, -0.2) is 0 Å². The van der Waals surface area contributed by atoms with E-state index in [4.69, 9.17) is 10.5 Å². The minimum atomic E-state index is 0.279. The zero-order valence-corrected chi connectivity index (χ0v) is 17.8. The number of rotatable bonds is 10. The van der Waals surface area contributed by atoms with Crippen molar-refractivity contribution in [3.63, 3.8) is 0 Å². The highest BCUT2D eigenvalue weighted by molar-refractivity contribution is 5.85. The number of allylic oxidation sites excluding steroid dienone is 4. The first-order valence-corrected chi connectivity index (χ1v) is 9.32. The van der Waals surface area contributed by atoms with Crippen molar-refractivity contribution in [3.05, 3.63) is 35.7 Å². The Bertz CT molecular complexity index is 710. The van der Waals surface area contributed by atoms with Crippen LogP contribution >= 0.6 is 0 Å². The minimum absolute atomic E-state index is 0.279. The van der Waals surface area contributed by atoms with E-state index in [2.05, 4.69) is 58.4 Å². The lowest BCUT2D eigenvalue weighted by Gasteiger charge is -2.12. The van der Waals surface area contributed by atoms with Crippen LogP contribution < -0.4 is 11.1 Å². The van der Waals surface area contributed by atoms with E-state index in [0.29, 0.717) is 6.61 Å². The lowest BCUT2D eigenvalue weighted by Crippen LogP contribution is -2.24. The molecule has 0 aliphatic rings. The predicted octanol–water partition coefficient (Wildman–Crippen LogP) is 3.43. The number of aliphatic imine (C=N–C) groups is 1. The van der Waals surface area contributed by atoms with Crippen LogP contribution in [0.15, 0.2) is 34.9 Å². The van der Waals surface area contributed by atoms with E-state index in [1.807, 2.05) is 19.9 Å². The van der Waals surface area contributed by atoms with Gasteiger partial charge in [-0.1, -0.05) is 30.7 Å². The zero-order chi connectivity index (χ0) is 21.4. The number of terminal acetylenes is 1. The number of methoxy groups -OCH3 is 1. The fourth-order valence-corrected chi connectivity index (χ4v) is 2.41. The van der Waals surface area contributed by atoms with Gasteiger partial charge in [-0.3, -0.25) is 4.99 Å². The molecule has 0 bridgehead atoms. The van der Waals surface area contributed by atoms with Gasteiger partial charge in [0.1, 0.15) is 11.6 Å². The summed E-state index contributed by atoms with van der Waals surface area (Å²) in [7, 11) is 3.44. The number of nitrogen functional groups attached to an aromatic ring is 1. The Balaban J connectivity index is 0.00000352. The highest BCUT2D eigenvalue weighted by Gasteiger charge is 2.12. The van der Waals surface area contributed by atoms with Crippen LogP contribution in [0, 0.1) is 12.8 Å². The van der Waals surface area contributed by atoms with Crippen LogP contribution in [0.5, 0.6) is 0 Å². The summed E-state index contributed by atoms with van der Waals surface area (Å²) in [5, 5.41) is 7.61. The highest BCUT2D eigenvalue weighted by atomic mass is 16.5. The van der Waals surface area contributed by atoms with E-state index in [9.17, 15) is 0 Å². The Kier molecular flexibility index (Phi) is 13.7. The van der Waals surface area contributed by atoms with E-state index < -0.39 is 0 Å². The van der Waals surface area contributed by atoms with Crippen LogP contribution in [0.4, 0.5) is 5.95 Å². The Hall–Kier alpha value is -2.85. The van der Waals surface area contributed by atoms with Gasteiger partial charge in [-0.2, -0.15) is 9.67 Å². The largest absolute Gasteiger partial charge is 0.381 e. The molecule has 0 amide bonds. The first kappa shape index (κ1) is 25.1. The molecule has 0 aliphatic heterocycles. The molecule has 0 aliphatic carbocycles. The van der Waals surface area contributed by atoms with Gasteiger partial charge >= 0.3 is 0 Å². The van der Waals surface area contributed by atoms with Crippen molar-refractivity contribution in [1.29, 1.82) is 0 Å². The molecule has 1 aromatic rings. The molecule has 1 heterocycles. The molecule has 0 atom stereocenters. The molecule has 1 aromatic heterocycles. The maximum Gasteiger partial charge on any atom is 0.240 e. The topological polar surface area (TPSA) is 90.4 Å². The quantitative estimate of drug-likeness (QED) is 0.278. The number of hydrogen-bond acceptors (Lipinski definition) is 5. The summed E-state index contributed by atoms with van der Waals surface area (Å²) < 4.78 is 6.83. The lowest BCUT2D eigenvalue weighted by molar-refractivity contribution is 0.234. The maximum absolute atomic E-state index is 5.85. The average Bonchev–Trinajstić information content (AvgIpc) is 3.08. The summed E-state index contributed by atoms with van der Waals surface area (Å²) in [5.41, 5.74) is 7.13. The molecule has 3 N–H and O–H groups in total. The van der Waals surface area contributed by atoms with Gasteiger partial charge in [0.15, 0.2) is 0 Å². The van der Waals surface area contributed by atoms with Gasteiger partial charge in [-0.05, 0) is 39.2 Å². The number of amidine groups is 1. The number of nitrogens with two attached hydrogens (primary N) is 1. The molecule has 7 heteroatoms. The second kappa shape index (κ2) is 15.2. The number of aromatic nitrogens is 3. The maximum atomic E-state index is 5.85. The predicted molar refractivity (Wildman–Crippen MR) is 119 cm³/mol. The van der Waals surface area contributed by atoms with Crippen molar-refractivity contribution in [1.82, 2.24) is 20.1 Å². The fourth-order valence-electron chi connectivity index (χ4n) is 2.41. The van der Waals surface area contributed by atoms with Gasteiger partial charge in [0.05, 0.1) is 12.4 Å². The number of hydrogen-bond donors (Lipinski definition) is 2. The molecule has 0 saturated carbocycles. The van der Waals surface area contributed by atoms with Gasteiger partial charge < -0.3 is 15.8 Å². The van der Waals surface area contributed by atoms with Crippen molar-refractivity contribution in [2.24, 2.45) is 4.99 Å². The Morgan fingerprint density at radius 1 is 1.39 bits per heavy atom. The minimum Gasteiger partial charge on any atom is -0.381 e. The van der Waals surface area contributed by atoms with E-state index in [-0.39, 0.29) is 5.95 Å². The molecule has 0 saturated heterocycles. The molecule has 28 heavy (non-hydrogen) atoms. The van der Waals surface area contributed by atoms with Crippen molar-refractivity contribution < 1.29 is 4.74 Å².